The Morgan fingerprint density at radius 1 is 1.16 bits per heavy atom. The summed E-state index contributed by atoms with van der Waals surface area (Å²) in [4.78, 5) is 12.4. The number of rotatable bonds is 5. The van der Waals surface area contributed by atoms with Gasteiger partial charge >= 0.3 is 5.97 Å². The number of esters is 1. The molecule has 25 heavy (non-hydrogen) atoms. The number of carbonyl (C=O) groups is 1. The zero-order valence-corrected chi connectivity index (χ0v) is 13.9. The Kier molecular flexibility index (Phi) is 4.79. The summed E-state index contributed by atoms with van der Waals surface area (Å²) in [6.07, 6.45) is 0.659. The maximum absolute atomic E-state index is 13.5. The van der Waals surface area contributed by atoms with E-state index in [1.807, 2.05) is 6.92 Å². The first-order valence-corrected chi connectivity index (χ1v) is 7.82. The van der Waals surface area contributed by atoms with Gasteiger partial charge in [0, 0.05) is 6.07 Å². The van der Waals surface area contributed by atoms with Crippen molar-refractivity contribution in [1.29, 1.82) is 0 Å². The lowest BCUT2D eigenvalue weighted by Crippen LogP contribution is -2.12. The predicted octanol–water partition coefficient (Wildman–Crippen LogP) is 3.80. The molecule has 0 saturated heterocycles. The van der Waals surface area contributed by atoms with Gasteiger partial charge in [0.2, 0.25) is 5.88 Å². The number of carbonyl (C=O) groups excluding carboxylic acids is 1. The van der Waals surface area contributed by atoms with Crippen LogP contribution in [-0.2, 0) is 6.42 Å². The molecular formula is C19H17FN2O3. The van der Waals surface area contributed by atoms with Gasteiger partial charge < -0.3 is 9.47 Å². The molecule has 0 N–H and O–H groups in total. The Labute approximate surface area is 144 Å². The first-order chi connectivity index (χ1) is 12.1. The summed E-state index contributed by atoms with van der Waals surface area (Å²) in [7, 11) is 1.52. The molecule has 0 atom stereocenters. The molecule has 0 saturated carbocycles. The van der Waals surface area contributed by atoms with Crippen molar-refractivity contribution in [3.05, 3.63) is 71.7 Å². The van der Waals surface area contributed by atoms with E-state index in [2.05, 4.69) is 5.10 Å². The van der Waals surface area contributed by atoms with Crippen LogP contribution in [0, 0.1) is 5.82 Å². The van der Waals surface area contributed by atoms with Crippen LogP contribution in [0.4, 0.5) is 4.39 Å². The van der Waals surface area contributed by atoms with Gasteiger partial charge in [-0.05, 0) is 42.8 Å². The van der Waals surface area contributed by atoms with Crippen LogP contribution in [0.2, 0.25) is 0 Å². The standard InChI is InChI=1S/C19H17FN2O3/c1-3-15-12-18(22(21-15)16-8-5-7-14(20)11-16)25-19(23)13-6-4-9-17(10-13)24-2/h4-12H,3H2,1-2H3. The van der Waals surface area contributed by atoms with Crippen molar-refractivity contribution in [2.24, 2.45) is 0 Å². The third-order valence-electron chi connectivity index (χ3n) is 3.65. The summed E-state index contributed by atoms with van der Waals surface area (Å²) in [5, 5.41) is 4.37. The van der Waals surface area contributed by atoms with E-state index in [0.717, 1.165) is 5.69 Å². The maximum Gasteiger partial charge on any atom is 0.344 e. The molecule has 1 heterocycles. The molecule has 0 aliphatic heterocycles. The molecule has 2 aromatic carbocycles. The minimum absolute atomic E-state index is 0.232. The Bertz CT molecular complexity index is 905. The number of ether oxygens (including phenoxy) is 2. The fourth-order valence-corrected chi connectivity index (χ4v) is 2.35. The first kappa shape index (κ1) is 16.7. The van der Waals surface area contributed by atoms with E-state index in [-0.39, 0.29) is 5.88 Å². The van der Waals surface area contributed by atoms with Crippen LogP contribution < -0.4 is 9.47 Å². The first-order valence-electron chi connectivity index (χ1n) is 7.82. The van der Waals surface area contributed by atoms with Crippen molar-refractivity contribution in [2.75, 3.05) is 7.11 Å². The van der Waals surface area contributed by atoms with Crippen LogP contribution in [0.15, 0.2) is 54.6 Å². The van der Waals surface area contributed by atoms with Gasteiger partial charge in [-0.2, -0.15) is 5.10 Å². The van der Waals surface area contributed by atoms with Crippen molar-refractivity contribution < 1.29 is 18.7 Å². The largest absolute Gasteiger partial charge is 0.497 e. The molecule has 0 fully saturated rings. The van der Waals surface area contributed by atoms with Crippen LogP contribution in [0.1, 0.15) is 23.0 Å². The van der Waals surface area contributed by atoms with E-state index in [4.69, 9.17) is 9.47 Å². The highest BCUT2D eigenvalue weighted by atomic mass is 19.1. The summed E-state index contributed by atoms with van der Waals surface area (Å²) in [6, 6.07) is 14.3. The van der Waals surface area contributed by atoms with Gasteiger partial charge in [0.05, 0.1) is 24.1 Å². The zero-order valence-electron chi connectivity index (χ0n) is 13.9. The van der Waals surface area contributed by atoms with E-state index >= 15 is 0 Å². The fourth-order valence-electron chi connectivity index (χ4n) is 2.35. The molecular weight excluding hydrogens is 323 g/mol. The molecule has 0 amide bonds. The number of halogens is 1. The lowest BCUT2D eigenvalue weighted by molar-refractivity contribution is 0.0722. The second-order valence-electron chi connectivity index (χ2n) is 5.34. The van der Waals surface area contributed by atoms with Crippen molar-refractivity contribution in [3.63, 3.8) is 0 Å². The van der Waals surface area contributed by atoms with Crippen molar-refractivity contribution in [1.82, 2.24) is 9.78 Å². The lowest BCUT2D eigenvalue weighted by atomic mass is 10.2. The van der Waals surface area contributed by atoms with Gasteiger partial charge in [0.15, 0.2) is 0 Å². The number of methoxy groups -OCH3 is 1. The molecule has 3 aromatic rings. The van der Waals surface area contributed by atoms with Crippen LogP contribution in [0.25, 0.3) is 5.69 Å². The molecule has 0 unspecified atom stereocenters. The van der Waals surface area contributed by atoms with Gasteiger partial charge in [-0.15, -0.1) is 0 Å². The average Bonchev–Trinajstić information content (AvgIpc) is 3.04. The molecule has 128 valence electrons. The lowest BCUT2D eigenvalue weighted by Gasteiger charge is -2.08. The third-order valence-corrected chi connectivity index (χ3v) is 3.65. The van der Waals surface area contributed by atoms with E-state index < -0.39 is 11.8 Å². The van der Waals surface area contributed by atoms with Gasteiger partial charge in [-0.3, -0.25) is 0 Å². The molecule has 1 aromatic heterocycles. The maximum atomic E-state index is 13.5. The SMILES string of the molecule is CCc1cc(OC(=O)c2cccc(OC)c2)n(-c2cccc(F)c2)n1. The van der Waals surface area contributed by atoms with Crippen LogP contribution >= 0.6 is 0 Å². The topological polar surface area (TPSA) is 53.4 Å². The second-order valence-corrected chi connectivity index (χ2v) is 5.34. The Morgan fingerprint density at radius 2 is 1.96 bits per heavy atom. The van der Waals surface area contributed by atoms with Crippen molar-refractivity contribution in [3.8, 4) is 17.3 Å². The Morgan fingerprint density at radius 3 is 2.68 bits per heavy atom. The smallest absolute Gasteiger partial charge is 0.344 e. The minimum Gasteiger partial charge on any atom is -0.497 e. The zero-order chi connectivity index (χ0) is 17.8. The quantitative estimate of drug-likeness (QED) is 0.663. The van der Waals surface area contributed by atoms with Gasteiger partial charge in [-0.25, -0.2) is 13.9 Å². The Hall–Kier alpha value is -3.15. The van der Waals surface area contributed by atoms with Crippen LogP contribution in [0.3, 0.4) is 0 Å². The van der Waals surface area contributed by atoms with Gasteiger partial charge in [0.1, 0.15) is 11.6 Å². The highest BCUT2D eigenvalue weighted by molar-refractivity contribution is 5.91. The fraction of sp³-hybridized carbons (Fsp3) is 0.158. The number of benzene rings is 2. The Balaban J connectivity index is 1.94. The number of aryl methyl sites for hydroxylation is 1. The highest BCUT2D eigenvalue weighted by Gasteiger charge is 2.16. The molecule has 0 aliphatic carbocycles. The number of aromatic nitrogens is 2. The van der Waals surface area contributed by atoms with Gasteiger partial charge in [0.25, 0.3) is 0 Å². The molecule has 0 spiro atoms. The molecule has 0 bridgehead atoms. The van der Waals surface area contributed by atoms with Crippen molar-refractivity contribution >= 4 is 5.97 Å². The summed E-state index contributed by atoms with van der Waals surface area (Å²) < 4.78 is 25.5. The summed E-state index contributed by atoms with van der Waals surface area (Å²) in [5.41, 5.74) is 1.57. The average molecular weight is 340 g/mol. The van der Waals surface area contributed by atoms with E-state index in [0.29, 0.717) is 23.4 Å². The number of hydrogen-bond acceptors (Lipinski definition) is 4. The predicted molar refractivity (Wildman–Crippen MR) is 90.9 cm³/mol. The van der Waals surface area contributed by atoms with Crippen molar-refractivity contribution in [2.45, 2.75) is 13.3 Å². The summed E-state index contributed by atoms with van der Waals surface area (Å²) in [6.45, 7) is 1.94. The molecule has 0 aliphatic rings. The normalized spacial score (nSPS) is 10.5. The molecule has 0 radical (unpaired) electrons. The van der Waals surface area contributed by atoms with E-state index in [9.17, 15) is 9.18 Å². The number of nitrogens with zero attached hydrogens (tertiary/aromatic N) is 2. The number of hydrogen-bond donors (Lipinski definition) is 0. The minimum atomic E-state index is -0.542. The summed E-state index contributed by atoms with van der Waals surface area (Å²) in [5.74, 6) is -0.146. The summed E-state index contributed by atoms with van der Waals surface area (Å²) >= 11 is 0. The molecule has 3 rings (SSSR count). The van der Waals surface area contributed by atoms with E-state index in [1.165, 1.54) is 23.9 Å². The van der Waals surface area contributed by atoms with E-state index in [1.54, 1.807) is 42.5 Å². The van der Waals surface area contributed by atoms with Gasteiger partial charge in [-0.1, -0.05) is 19.1 Å². The second kappa shape index (κ2) is 7.17. The van der Waals surface area contributed by atoms with Crippen LogP contribution in [-0.4, -0.2) is 22.9 Å². The van der Waals surface area contributed by atoms with Crippen LogP contribution in [0.5, 0.6) is 11.6 Å². The molecule has 5 nitrogen and oxygen atoms in total. The third kappa shape index (κ3) is 3.68. The monoisotopic (exact) mass is 340 g/mol. The molecule has 6 heteroatoms. The highest BCUT2D eigenvalue weighted by Crippen LogP contribution is 2.22.